The van der Waals surface area contributed by atoms with Crippen molar-refractivity contribution in [3.05, 3.63) is 39.8 Å². The summed E-state index contributed by atoms with van der Waals surface area (Å²) in [6.07, 6.45) is 5.85. The van der Waals surface area contributed by atoms with Gasteiger partial charge in [-0.15, -0.1) is 0 Å². The molecule has 1 N–H and O–H groups in total. The van der Waals surface area contributed by atoms with Crippen molar-refractivity contribution in [1.29, 1.82) is 0 Å². The van der Waals surface area contributed by atoms with Crippen LogP contribution >= 0.6 is 11.6 Å². The maximum absolute atomic E-state index is 11.8. The highest BCUT2D eigenvalue weighted by Gasteiger charge is 2.32. The van der Waals surface area contributed by atoms with Gasteiger partial charge >= 0.3 is 5.76 Å². The minimum atomic E-state index is -0.661. The van der Waals surface area contributed by atoms with Crippen molar-refractivity contribution in [2.75, 3.05) is 24.7 Å². The number of fused-ring (bicyclic) bond motifs is 1. The second kappa shape index (κ2) is 11.3. The van der Waals surface area contributed by atoms with Crippen molar-refractivity contribution in [3.63, 3.8) is 0 Å². The summed E-state index contributed by atoms with van der Waals surface area (Å²) in [5.41, 5.74) is 2.96. The van der Waals surface area contributed by atoms with Crippen molar-refractivity contribution in [1.82, 2.24) is 29.7 Å². The number of nitrogens with zero attached hydrogens (tertiary/aromatic N) is 6. The van der Waals surface area contributed by atoms with E-state index in [9.17, 15) is 4.79 Å². The van der Waals surface area contributed by atoms with Gasteiger partial charge in [0, 0.05) is 23.7 Å². The van der Waals surface area contributed by atoms with Gasteiger partial charge < -0.3 is 14.2 Å². The molecule has 2 fully saturated rings. The molecule has 4 heterocycles. The van der Waals surface area contributed by atoms with Gasteiger partial charge in [0.25, 0.3) is 0 Å². The maximum Gasteiger partial charge on any atom is 0.439 e. The summed E-state index contributed by atoms with van der Waals surface area (Å²) in [4.78, 5) is 31.7. The van der Waals surface area contributed by atoms with E-state index < -0.39 is 5.76 Å². The van der Waals surface area contributed by atoms with Crippen LogP contribution in [0.5, 0.6) is 0 Å². The number of imidazole rings is 1. The van der Waals surface area contributed by atoms with E-state index >= 15 is 0 Å². The number of hydrogen-bond acceptors (Lipinski definition) is 8. The lowest BCUT2D eigenvalue weighted by Crippen LogP contribution is -2.47. The predicted molar refractivity (Wildman–Crippen MR) is 154 cm³/mol. The number of morpholine rings is 1. The summed E-state index contributed by atoms with van der Waals surface area (Å²) >= 11 is 6.45. The van der Waals surface area contributed by atoms with Crippen LogP contribution in [0.3, 0.4) is 0 Å². The Hall–Kier alpha value is -3.24. The first-order chi connectivity index (χ1) is 19.4. The van der Waals surface area contributed by atoms with Gasteiger partial charge in [-0.3, -0.25) is 9.51 Å². The molecule has 6 rings (SSSR count). The topological polar surface area (TPSA) is 115 Å². The number of anilines is 1. The molecule has 1 aromatic carbocycles. The molecule has 2 aliphatic rings. The maximum atomic E-state index is 11.8. The molecular weight excluding hydrogens is 530 g/mol. The van der Waals surface area contributed by atoms with Crippen LogP contribution in [0.2, 0.25) is 5.02 Å². The Morgan fingerprint density at radius 3 is 2.70 bits per heavy atom. The molecule has 40 heavy (non-hydrogen) atoms. The van der Waals surface area contributed by atoms with Crippen LogP contribution in [0.1, 0.15) is 52.9 Å². The van der Waals surface area contributed by atoms with Crippen LogP contribution in [0.4, 0.5) is 5.95 Å². The molecule has 1 aliphatic carbocycles. The number of nitrogens with one attached hydrogen (secondary N) is 1. The Labute approximate surface area is 238 Å². The van der Waals surface area contributed by atoms with E-state index in [2.05, 4.69) is 40.4 Å². The summed E-state index contributed by atoms with van der Waals surface area (Å²) < 4.78 is 13.0. The number of H-pyrrole nitrogens is 1. The fraction of sp³-hybridized carbons (Fsp3) is 0.552. The smallest absolute Gasteiger partial charge is 0.377 e. The number of halogens is 1. The Bertz CT molecular complexity index is 1540. The lowest BCUT2D eigenvalue weighted by molar-refractivity contribution is 0.0863. The number of benzene rings is 1. The summed E-state index contributed by atoms with van der Waals surface area (Å²) in [6, 6.07) is 7.85. The van der Waals surface area contributed by atoms with E-state index in [-0.39, 0.29) is 17.7 Å². The largest absolute Gasteiger partial charge is 0.439 e. The monoisotopic (exact) mass is 565 g/mol. The first kappa shape index (κ1) is 27.0. The molecule has 0 unspecified atom stereocenters. The summed E-state index contributed by atoms with van der Waals surface area (Å²) in [7, 11) is 0. The molecule has 10 nitrogen and oxygen atoms in total. The number of aromatic amines is 1. The molecule has 0 spiro atoms. The molecule has 11 heteroatoms. The number of rotatable bonds is 7. The van der Waals surface area contributed by atoms with Crippen molar-refractivity contribution in [2.45, 2.75) is 65.5 Å². The van der Waals surface area contributed by atoms with Crippen LogP contribution in [0.25, 0.3) is 34.1 Å². The number of ether oxygens (including phenoxy) is 1. The molecule has 1 saturated carbocycles. The Morgan fingerprint density at radius 1 is 1.15 bits per heavy atom. The fourth-order valence-corrected chi connectivity index (χ4v) is 6.30. The molecule has 3 aromatic heterocycles. The third-order valence-electron chi connectivity index (χ3n) is 8.14. The molecule has 0 amide bonds. The van der Waals surface area contributed by atoms with Crippen molar-refractivity contribution < 1.29 is 9.26 Å². The number of aromatic nitrogens is 6. The minimum absolute atomic E-state index is 0.164. The Kier molecular flexibility index (Phi) is 7.63. The van der Waals surface area contributed by atoms with Gasteiger partial charge in [0.05, 0.1) is 19.3 Å². The normalized spacial score (nSPS) is 21.9. The van der Waals surface area contributed by atoms with Crippen molar-refractivity contribution >= 4 is 28.7 Å². The van der Waals surface area contributed by atoms with Crippen LogP contribution in [0.15, 0.2) is 33.6 Å². The van der Waals surface area contributed by atoms with E-state index in [0.717, 1.165) is 42.5 Å². The molecule has 4 aromatic rings. The van der Waals surface area contributed by atoms with E-state index in [1.807, 2.05) is 24.3 Å². The molecule has 212 valence electrons. The average Bonchev–Trinajstić information content (AvgIpc) is 3.53. The summed E-state index contributed by atoms with van der Waals surface area (Å²) in [5, 5.41) is 4.46. The summed E-state index contributed by atoms with van der Waals surface area (Å²) in [6.45, 7) is 9.74. The quantitative estimate of drug-likeness (QED) is 0.309. The summed E-state index contributed by atoms with van der Waals surface area (Å²) in [5.74, 6) is 2.47. The Balaban J connectivity index is 1.57. The third-order valence-corrected chi connectivity index (χ3v) is 8.37. The minimum Gasteiger partial charge on any atom is -0.377 e. The first-order valence-corrected chi connectivity index (χ1v) is 14.7. The second-order valence-electron chi connectivity index (χ2n) is 11.7. The van der Waals surface area contributed by atoms with Gasteiger partial charge in [-0.2, -0.15) is 4.98 Å². The van der Waals surface area contributed by atoms with Gasteiger partial charge in [-0.25, -0.2) is 14.8 Å². The number of hydrogen-bond donors (Lipinski definition) is 1. The van der Waals surface area contributed by atoms with Crippen LogP contribution < -0.4 is 10.7 Å². The van der Waals surface area contributed by atoms with E-state index in [4.69, 9.17) is 35.8 Å². The molecule has 0 radical (unpaired) electrons. The SMILES string of the molecule is CC(C)C[C@@H]1COCCN1c1nc2nc(-c3noc(=O)[nH]3)nc(-c3cccc(Cl)c3)c2n1C[C@H]1CC[C@H](C)CC1. The lowest BCUT2D eigenvalue weighted by atomic mass is 9.83. The standard InChI is InChI=1S/C29H36ClN7O3/c1-17(2)13-22-16-39-12-11-36(22)28-33-25-24(37(28)15-19-9-7-18(3)8-10-19)23(20-5-4-6-21(30)14-20)31-26(32-25)27-34-29(38)40-35-27/h4-6,14,17-19,22H,7-13,15-16H2,1-3H3,(H,34,35,38)/t18-,19-,22-/m1/s1. The van der Waals surface area contributed by atoms with Gasteiger partial charge in [0.1, 0.15) is 11.2 Å². The highest BCUT2D eigenvalue weighted by atomic mass is 35.5. The van der Waals surface area contributed by atoms with E-state index in [1.165, 1.54) is 25.7 Å². The predicted octanol–water partition coefficient (Wildman–Crippen LogP) is 5.57. The molecule has 1 atom stereocenters. The fourth-order valence-electron chi connectivity index (χ4n) is 6.11. The van der Waals surface area contributed by atoms with Crippen molar-refractivity contribution in [2.24, 2.45) is 17.8 Å². The average molecular weight is 566 g/mol. The first-order valence-electron chi connectivity index (χ1n) is 14.3. The highest BCUT2D eigenvalue weighted by Crippen LogP contribution is 2.37. The third kappa shape index (κ3) is 5.51. The highest BCUT2D eigenvalue weighted by molar-refractivity contribution is 6.30. The molecular formula is C29H36ClN7O3. The molecule has 0 bridgehead atoms. The Morgan fingerprint density at radius 2 is 1.98 bits per heavy atom. The zero-order valence-electron chi connectivity index (χ0n) is 23.3. The van der Waals surface area contributed by atoms with E-state index in [0.29, 0.717) is 41.4 Å². The lowest BCUT2D eigenvalue weighted by Gasteiger charge is -2.38. The van der Waals surface area contributed by atoms with Crippen molar-refractivity contribution in [3.8, 4) is 22.9 Å². The van der Waals surface area contributed by atoms with Crippen LogP contribution in [-0.2, 0) is 11.3 Å². The van der Waals surface area contributed by atoms with Crippen LogP contribution in [0, 0.1) is 17.8 Å². The molecule has 1 saturated heterocycles. The molecule has 1 aliphatic heterocycles. The van der Waals surface area contributed by atoms with E-state index in [1.54, 1.807) is 0 Å². The van der Waals surface area contributed by atoms with Gasteiger partial charge in [0.2, 0.25) is 17.6 Å². The second-order valence-corrected chi connectivity index (χ2v) is 12.2. The van der Waals surface area contributed by atoms with Gasteiger partial charge in [-0.05, 0) is 49.1 Å². The van der Waals surface area contributed by atoms with Crippen LogP contribution in [-0.4, -0.2) is 55.5 Å². The van der Waals surface area contributed by atoms with Gasteiger partial charge in [-0.1, -0.05) is 62.5 Å². The zero-order chi connectivity index (χ0) is 27.8. The van der Waals surface area contributed by atoms with Gasteiger partial charge in [0.15, 0.2) is 5.65 Å². The zero-order valence-corrected chi connectivity index (χ0v) is 24.0.